The zero-order valence-electron chi connectivity index (χ0n) is 7.74. The lowest BCUT2D eigenvalue weighted by Crippen LogP contribution is -2.46. The molecular formula is C7H10ClN3O2S. The largest absolute Gasteiger partial charge is 0.394 e. The molecule has 0 aliphatic carbocycles. The van der Waals surface area contributed by atoms with Crippen molar-refractivity contribution in [1.82, 2.24) is 15.5 Å². The Morgan fingerprint density at radius 2 is 2.29 bits per heavy atom. The Kier molecular flexibility index (Phi) is 3.41. The average molecular weight is 236 g/mol. The number of hydrogen-bond donors (Lipinski definition) is 2. The van der Waals surface area contributed by atoms with Gasteiger partial charge in [-0.05, 0) is 25.4 Å². The molecule has 14 heavy (non-hydrogen) atoms. The van der Waals surface area contributed by atoms with Gasteiger partial charge in [-0.25, -0.2) is 0 Å². The number of rotatable bonds is 3. The molecular weight excluding hydrogens is 226 g/mol. The fraction of sp³-hybridized carbons (Fsp3) is 0.571. The zero-order chi connectivity index (χ0) is 10.8. The van der Waals surface area contributed by atoms with Crippen LogP contribution in [-0.2, 0) is 0 Å². The third kappa shape index (κ3) is 2.90. The number of carbonyl (C=O) groups is 1. The highest BCUT2D eigenvalue weighted by atomic mass is 35.5. The van der Waals surface area contributed by atoms with Crippen molar-refractivity contribution in [3.63, 3.8) is 0 Å². The summed E-state index contributed by atoms with van der Waals surface area (Å²) >= 11 is 6.52. The van der Waals surface area contributed by atoms with Gasteiger partial charge in [-0.15, -0.1) is 10.2 Å². The first-order chi connectivity index (χ1) is 6.44. The number of halogens is 1. The SMILES string of the molecule is CC(C)(CO)NC(=O)c1nnc(Cl)s1. The number of carbonyl (C=O) groups excluding carboxylic acids is 1. The summed E-state index contributed by atoms with van der Waals surface area (Å²) in [4.78, 5) is 11.5. The van der Waals surface area contributed by atoms with Gasteiger partial charge in [0.25, 0.3) is 5.91 Å². The van der Waals surface area contributed by atoms with Gasteiger partial charge >= 0.3 is 0 Å². The first-order valence-electron chi connectivity index (χ1n) is 3.87. The van der Waals surface area contributed by atoms with Gasteiger partial charge in [-0.1, -0.05) is 11.3 Å². The van der Waals surface area contributed by atoms with Crippen molar-refractivity contribution in [3.8, 4) is 0 Å². The molecule has 78 valence electrons. The molecule has 7 heteroatoms. The molecule has 0 atom stereocenters. The molecule has 5 nitrogen and oxygen atoms in total. The van der Waals surface area contributed by atoms with E-state index in [1.54, 1.807) is 13.8 Å². The fourth-order valence-corrected chi connectivity index (χ4v) is 1.42. The molecule has 1 aromatic heterocycles. The van der Waals surface area contributed by atoms with Crippen LogP contribution in [0.25, 0.3) is 0 Å². The van der Waals surface area contributed by atoms with Gasteiger partial charge in [0, 0.05) is 0 Å². The Bertz CT molecular complexity index is 339. The predicted octanol–water partition coefficient (Wildman–Crippen LogP) is 0.692. The molecule has 1 heterocycles. The maximum absolute atomic E-state index is 11.5. The lowest BCUT2D eigenvalue weighted by Gasteiger charge is -2.22. The first kappa shape index (κ1) is 11.4. The molecule has 0 unspecified atom stereocenters. The molecule has 0 fully saturated rings. The molecule has 0 aliphatic heterocycles. The van der Waals surface area contributed by atoms with Crippen LogP contribution in [0, 0.1) is 0 Å². The van der Waals surface area contributed by atoms with Crippen LogP contribution in [0.2, 0.25) is 4.47 Å². The van der Waals surface area contributed by atoms with E-state index in [-0.39, 0.29) is 22.0 Å². The van der Waals surface area contributed by atoms with Gasteiger partial charge in [-0.3, -0.25) is 4.79 Å². The maximum atomic E-state index is 11.5. The van der Waals surface area contributed by atoms with Crippen molar-refractivity contribution < 1.29 is 9.90 Å². The van der Waals surface area contributed by atoms with Crippen molar-refractivity contribution in [2.75, 3.05) is 6.61 Å². The van der Waals surface area contributed by atoms with Crippen LogP contribution in [-0.4, -0.2) is 33.4 Å². The average Bonchev–Trinajstić information content (AvgIpc) is 2.51. The van der Waals surface area contributed by atoms with E-state index in [1.807, 2.05) is 0 Å². The summed E-state index contributed by atoms with van der Waals surface area (Å²) in [5, 5.41) is 18.8. The van der Waals surface area contributed by atoms with Crippen LogP contribution >= 0.6 is 22.9 Å². The first-order valence-corrected chi connectivity index (χ1v) is 5.06. The molecule has 0 saturated carbocycles. The van der Waals surface area contributed by atoms with Gasteiger partial charge in [0.15, 0.2) is 0 Å². The highest BCUT2D eigenvalue weighted by Crippen LogP contribution is 2.15. The lowest BCUT2D eigenvalue weighted by atomic mass is 10.1. The normalized spacial score (nSPS) is 11.4. The summed E-state index contributed by atoms with van der Waals surface area (Å²) in [6.07, 6.45) is 0. The summed E-state index contributed by atoms with van der Waals surface area (Å²) in [5.74, 6) is -0.381. The van der Waals surface area contributed by atoms with Gasteiger partial charge in [0.1, 0.15) is 0 Å². The second-order valence-corrected chi connectivity index (χ2v) is 4.92. The Hall–Kier alpha value is -0.720. The van der Waals surface area contributed by atoms with Crippen molar-refractivity contribution >= 4 is 28.8 Å². The summed E-state index contributed by atoms with van der Waals surface area (Å²) in [5.41, 5.74) is -0.671. The smallest absolute Gasteiger partial charge is 0.282 e. The van der Waals surface area contributed by atoms with Crippen LogP contribution in [0.15, 0.2) is 0 Å². The Morgan fingerprint density at radius 3 is 2.71 bits per heavy atom. The van der Waals surface area contributed by atoms with E-state index in [0.717, 1.165) is 11.3 Å². The van der Waals surface area contributed by atoms with Crippen molar-refractivity contribution in [2.45, 2.75) is 19.4 Å². The molecule has 0 bridgehead atoms. The molecule has 0 aromatic carbocycles. The molecule has 0 radical (unpaired) electrons. The third-order valence-electron chi connectivity index (χ3n) is 1.44. The van der Waals surface area contributed by atoms with E-state index in [9.17, 15) is 4.79 Å². The van der Waals surface area contributed by atoms with Gasteiger partial charge in [0.05, 0.1) is 12.1 Å². The summed E-state index contributed by atoms with van der Waals surface area (Å²) < 4.78 is 0.219. The summed E-state index contributed by atoms with van der Waals surface area (Å²) in [6.45, 7) is 3.26. The highest BCUT2D eigenvalue weighted by Gasteiger charge is 2.22. The van der Waals surface area contributed by atoms with Crippen LogP contribution in [0.3, 0.4) is 0 Å². The van der Waals surface area contributed by atoms with Crippen molar-refractivity contribution in [3.05, 3.63) is 9.47 Å². The monoisotopic (exact) mass is 235 g/mol. The fourth-order valence-electron chi connectivity index (χ4n) is 0.697. The maximum Gasteiger partial charge on any atom is 0.282 e. The number of nitrogens with zero attached hydrogens (tertiary/aromatic N) is 2. The highest BCUT2D eigenvalue weighted by molar-refractivity contribution is 7.17. The molecule has 0 aliphatic rings. The second kappa shape index (κ2) is 4.20. The number of hydrogen-bond acceptors (Lipinski definition) is 5. The Labute approximate surface area is 90.1 Å². The van der Waals surface area contributed by atoms with E-state index in [1.165, 1.54) is 0 Å². The van der Waals surface area contributed by atoms with E-state index >= 15 is 0 Å². The minimum absolute atomic E-state index is 0.148. The number of aliphatic hydroxyl groups is 1. The quantitative estimate of drug-likeness (QED) is 0.809. The van der Waals surface area contributed by atoms with Gasteiger partial charge in [-0.2, -0.15) is 0 Å². The topological polar surface area (TPSA) is 75.1 Å². The van der Waals surface area contributed by atoms with Gasteiger partial charge in [0.2, 0.25) is 9.47 Å². The van der Waals surface area contributed by atoms with Crippen LogP contribution < -0.4 is 5.32 Å². The van der Waals surface area contributed by atoms with Crippen LogP contribution in [0.1, 0.15) is 23.6 Å². The van der Waals surface area contributed by atoms with E-state index in [0.29, 0.717) is 0 Å². The molecule has 1 aromatic rings. The molecule has 1 amide bonds. The van der Waals surface area contributed by atoms with Crippen molar-refractivity contribution in [1.29, 1.82) is 0 Å². The molecule has 0 saturated heterocycles. The molecule has 1 rings (SSSR count). The predicted molar refractivity (Wildman–Crippen MR) is 53.6 cm³/mol. The minimum Gasteiger partial charge on any atom is -0.394 e. The number of aromatic nitrogens is 2. The summed E-state index contributed by atoms with van der Waals surface area (Å²) in [6, 6.07) is 0. The molecule has 0 spiro atoms. The number of amides is 1. The van der Waals surface area contributed by atoms with E-state index < -0.39 is 5.54 Å². The number of nitrogens with one attached hydrogen (secondary N) is 1. The molecule has 2 N–H and O–H groups in total. The minimum atomic E-state index is -0.671. The summed E-state index contributed by atoms with van der Waals surface area (Å²) in [7, 11) is 0. The van der Waals surface area contributed by atoms with Crippen LogP contribution in [0.4, 0.5) is 0 Å². The van der Waals surface area contributed by atoms with E-state index in [4.69, 9.17) is 16.7 Å². The van der Waals surface area contributed by atoms with Gasteiger partial charge < -0.3 is 10.4 Å². The third-order valence-corrected chi connectivity index (χ3v) is 2.46. The number of aliphatic hydroxyl groups excluding tert-OH is 1. The van der Waals surface area contributed by atoms with E-state index in [2.05, 4.69) is 15.5 Å². The standard InChI is InChI=1S/C7H10ClN3O2S/c1-7(2,3-12)9-4(13)5-10-11-6(8)14-5/h12H,3H2,1-2H3,(H,9,13). The van der Waals surface area contributed by atoms with Crippen molar-refractivity contribution in [2.24, 2.45) is 0 Å². The zero-order valence-corrected chi connectivity index (χ0v) is 9.32. The lowest BCUT2D eigenvalue weighted by molar-refractivity contribution is 0.0868. The Balaban J connectivity index is 2.68. The van der Waals surface area contributed by atoms with Crippen LogP contribution in [0.5, 0.6) is 0 Å². The Morgan fingerprint density at radius 1 is 1.64 bits per heavy atom. The second-order valence-electron chi connectivity index (χ2n) is 3.36.